The average molecular weight is 480 g/mol. The van der Waals surface area contributed by atoms with Crippen molar-refractivity contribution in [3.63, 3.8) is 0 Å². The van der Waals surface area contributed by atoms with Crippen molar-refractivity contribution in [1.29, 1.82) is 0 Å². The first kappa shape index (κ1) is 23.1. The Balaban J connectivity index is 1.29. The average Bonchev–Trinajstić information content (AvgIpc) is 3.37. The fraction of sp³-hybridized carbons (Fsp3) is 0.231. The monoisotopic (exact) mass is 479 g/mol. The van der Waals surface area contributed by atoms with Gasteiger partial charge in [-0.25, -0.2) is 0 Å². The van der Waals surface area contributed by atoms with Crippen LogP contribution in [0.3, 0.4) is 0 Å². The lowest BCUT2D eigenvalue weighted by Crippen LogP contribution is -2.44. The van der Waals surface area contributed by atoms with Crippen molar-refractivity contribution in [2.75, 3.05) is 25.2 Å². The molecule has 3 aromatic carbocycles. The Labute approximate surface area is 201 Å². The van der Waals surface area contributed by atoms with Gasteiger partial charge < -0.3 is 10.7 Å². The molecule has 0 aliphatic carbocycles. The van der Waals surface area contributed by atoms with Gasteiger partial charge in [0.05, 0.1) is 18.6 Å². The van der Waals surface area contributed by atoms with Crippen LogP contribution in [0.1, 0.15) is 27.0 Å². The first-order chi connectivity index (χ1) is 16.9. The molecule has 0 spiro atoms. The van der Waals surface area contributed by atoms with E-state index >= 15 is 0 Å². The first-order valence-corrected chi connectivity index (χ1v) is 11.3. The summed E-state index contributed by atoms with van der Waals surface area (Å²) >= 11 is 0. The number of hydrogen-bond acceptors (Lipinski definition) is 5. The summed E-state index contributed by atoms with van der Waals surface area (Å²) in [4.78, 5) is 19.6. The highest BCUT2D eigenvalue weighted by Gasteiger charge is 2.30. The zero-order chi connectivity index (χ0) is 24.4. The number of amides is 1. The summed E-state index contributed by atoms with van der Waals surface area (Å²) in [6.45, 7) is 3.14. The van der Waals surface area contributed by atoms with Crippen LogP contribution in [-0.4, -0.2) is 42.0 Å². The molecule has 0 atom stereocenters. The number of nitrogens with one attached hydrogen (secondary N) is 2. The van der Waals surface area contributed by atoms with Gasteiger partial charge in [0.1, 0.15) is 6.67 Å². The molecule has 2 heterocycles. The second-order valence-electron chi connectivity index (χ2n) is 8.62. The normalized spacial score (nSPS) is 16.1. The van der Waals surface area contributed by atoms with E-state index in [4.69, 9.17) is 0 Å². The van der Waals surface area contributed by atoms with Crippen molar-refractivity contribution in [1.82, 2.24) is 15.3 Å². The number of anilines is 1. The molecule has 6 nitrogen and oxygen atoms in total. The van der Waals surface area contributed by atoms with Gasteiger partial charge in [-0.3, -0.25) is 14.7 Å². The van der Waals surface area contributed by atoms with Gasteiger partial charge in [-0.15, -0.1) is 0 Å². The van der Waals surface area contributed by atoms with Crippen LogP contribution >= 0.6 is 0 Å². The number of hydrogen-bond donors (Lipinski definition) is 2. The predicted molar refractivity (Wildman–Crippen MR) is 129 cm³/mol. The lowest BCUT2D eigenvalue weighted by atomic mass is 9.97. The third kappa shape index (κ3) is 5.21. The molecule has 3 aromatic rings. The third-order valence-electron chi connectivity index (χ3n) is 6.21. The third-order valence-corrected chi connectivity index (χ3v) is 6.21. The number of halogens is 3. The summed E-state index contributed by atoms with van der Waals surface area (Å²) in [5.74, 6) is -0.307. The number of aliphatic imine (C=N–C) groups is 1. The lowest BCUT2D eigenvalue weighted by molar-refractivity contribution is -0.137. The van der Waals surface area contributed by atoms with E-state index in [1.807, 2.05) is 23.2 Å². The minimum atomic E-state index is -4.40. The van der Waals surface area contributed by atoms with E-state index in [0.717, 1.165) is 38.3 Å². The molecule has 2 aliphatic rings. The maximum Gasteiger partial charge on any atom is 0.416 e. The van der Waals surface area contributed by atoms with Gasteiger partial charge >= 0.3 is 6.18 Å². The number of nitrogens with zero attached hydrogens (tertiary/aromatic N) is 3. The van der Waals surface area contributed by atoms with E-state index in [9.17, 15) is 18.0 Å². The van der Waals surface area contributed by atoms with Crippen LogP contribution in [0.25, 0.3) is 11.1 Å². The summed E-state index contributed by atoms with van der Waals surface area (Å²) in [7, 11) is 0. The number of carbonyl (C=O) groups is 1. The number of benzene rings is 3. The molecule has 0 saturated carbocycles. The van der Waals surface area contributed by atoms with Gasteiger partial charge in [-0.2, -0.15) is 18.2 Å². The molecule has 0 aromatic heterocycles. The van der Waals surface area contributed by atoms with Crippen molar-refractivity contribution >= 4 is 17.9 Å². The van der Waals surface area contributed by atoms with E-state index in [0.29, 0.717) is 29.0 Å². The molecule has 1 amide bonds. The maximum atomic E-state index is 13.1. The first-order valence-electron chi connectivity index (χ1n) is 11.3. The number of carbonyl (C=O) groups excluding carboxylic acids is 1. The molecule has 2 aliphatic heterocycles. The Morgan fingerprint density at radius 2 is 1.83 bits per heavy atom. The molecule has 0 bridgehead atoms. The van der Waals surface area contributed by atoms with Crippen LogP contribution in [0.5, 0.6) is 0 Å². The summed E-state index contributed by atoms with van der Waals surface area (Å²) in [5.41, 5.74) is 7.01. The minimum Gasteiger partial charge on any atom is -0.322 e. The maximum absolute atomic E-state index is 13.1. The number of fused-ring (bicyclic) bond motifs is 1. The van der Waals surface area contributed by atoms with Crippen LogP contribution in [0.15, 0.2) is 71.7 Å². The van der Waals surface area contributed by atoms with Crippen molar-refractivity contribution in [2.45, 2.75) is 19.1 Å². The van der Waals surface area contributed by atoms with Gasteiger partial charge in [-0.1, -0.05) is 36.4 Å². The standard InChI is InChI=1S/C26H24F3N5O/c27-26(28,29)21-8-5-18(6-9-21)23-3-1-2-4-24(23)25(35)32-22-10-7-20-14-33(12-11-19(20)13-22)17-34-16-30-15-31-34/h1-10,13,15H,11-12,14,16-17H2,(H,30,31)(H,32,35). The Bertz CT molecular complexity index is 1250. The predicted octanol–water partition coefficient (Wildman–Crippen LogP) is 4.75. The van der Waals surface area contributed by atoms with Crippen molar-refractivity contribution < 1.29 is 18.0 Å². The second kappa shape index (κ2) is 9.52. The fourth-order valence-corrected chi connectivity index (χ4v) is 4.41. The highest BCUT2D eigenvalue weighted by atomic mass is 19.4. The summed E-state index contributed by atoms with van der Waals surface area (Å²) in [5, 5.41) is 4.99. The smallest absolute Gasteiger partial charge is 0.322 e. The summed E-state index contributed by atoms with van der Waals surface area (Å²) < 4.78 is 38.8. The van der Waals surface area contributed by atoms with E-state index in [-0.39, 0.29) is 5.91 Å². The fourth-order valence-electron chi connectivity index (χ4n) is 4.41. The molecule has 5 rings (SSSR count). The quantitative estimate of drug-likeness (QED) is 0.555. The van der Waals surface area contributed by atoms with Crippen LogP contribution in [-0.2, 0) is 19.1 Å². The van der Waals surface area contributed by atoms with Crippen molar-refractivity contribution in [3.05, 3.63) is 89.0 Å². The van der Waals surface area contributed by atoms with Crippen LogP contribution in [0.4, 0.5) is 18.9 Å². The molecular formula is C26H24F3N5O. The van der Waals surface area contributed by atoms with Crippen molar-refractivity contribution in [3.8, 4) is 11.1 Å². The zero-order valence-electron chi connectivity index (χ0n) is 18.8. The molecule has 0 saturated heterocycles. The topological polar surface area (TPSA) is 60.0 Å². The molecule has 2 N–H and O–H groups in total. The zero-order valence-corrected chi connectivity index (χ0v) is 18.8. The van der Waals surface area contributed by atoms with Gasteiger partial charge in [0, 0.05) is 24.3 Å². The second-order valence-corrected chi connectivity index (χ2v) is 8.62. The summed E-state index contributed by atoms with van der Waals surface area (Å²) in [6, 6.07) is 17.7. The van der Waals surface area contributed by atoms with E-state index in [1.165, 1.54) is 23.3 Å². The Morgan fingerprint density at radius 1 is 1.03 bits per heavy atom. The molecule has 0 fully saturated rings. The summed E-state index contributed by atoms with van der Waals surface area (Å²) in [6.07, 6.45) is -1.84. The van der Waals surface area contributed by atoms with Crippen LogP contribution in [0.2, 0.25) is 0 Å². The van der Waals surface area contributed by atoms with Crippen LogP contribution in [0, 0.1) is 0 Å². The molecule has 0 radical (unpaired) electrons. The molecule has 35 heavy (non-hydrogen) atoms. The van der Waals surface area contributed by atoms with E-state index in [1.54, 1.807) is 30.6 Å². The highest BCUT2D eigenvalue weighted by molar-refractivity contribution is 6.08. The molecule has 0 unspecified atom stereocenters. The minimum absolute atomic E-state index is 0.307. The van der Waals surface area contributed by atoms with Gasteiger partial charge in [0.15, 0.2) is 0 Å². The Morgan fingerprint density at radius 3 is 2.57 bits per heavy atom. The van der Waals surface area contributed by atoms with Gasteiger partial charge in [0.2, 0.25) is 0 Å². The number of alkyl halides is 3. The van der Waals surface area contributed by atoms with E-state index in [2.05, 4.69) is 20.6 Å². The van der Waals surface area contributed by atoms with Gasteiger partial charge in [0.25, 0.3) is 5.91 Å². The SMILES string of the molecule is O=C(Nc1ccc2c(c1)CCN(CN1CN=CN1)C2)c1ccccc1-c1ccc(C(F)(F)F)cc1. The Kier molecular flexibility index (Phi) is 6.27. The molecule has 9 heteroatoms. The lowest BCUT2D eigenvalue weighted by Gasteiger charge is -2.31. The van der Waals surface area contributed by atoms with Crippen LogP contribution < -0.4 is 10.7 Å². The van der Waals surface area contributed by atoms with Gasteiger partial charge in [-0.05, 0) is 59.0 Å². The largest absolute Gasteiger partial charge is 0.416 e. The number of hydrazine groups is 1. The molecular weight excluding hydrogens is 455 g/mol. The van der Waals surface area contributed by atoms with Crippen molar-refractivity contribution in [2.24, 2.45) is 4.99 Å². The highest BCUT2D eigenvalue weighted by Crippen LogP contribution is 2.32. The number of rotatable bonds is 5. The van der Waals surface area contributed by atoms with E-state index < -0.39 is 11.7 Å². The molecule has 180 valence electrons. The Hall–Kier alpha value is -3.69.